The van der Waals surface area contributed by atoms with E-state index in [2.05, 4.69) is 0 Å². The quantitative estimate of drug-likeness (QED) is 0.619. The zero-order valence-corrected chi connectivity index (χ0v) is 9.34. The second kappa shape index (κ2) is 3.31. The fraction of sp³-hybridized carbons (Fsp3) is 0.923. The van der Waals surface area contributed by atoms with Crippen molar-refractivity contribution in [2.24, 2.45) is 11.3 Å². The van der Waals surface area contributed by atoms with Crippen LogP contribution in [-0.2, 0) is 9.53 Å². The van der Waals surface area contributed by atoms with Crippen molar-refractivity contribution in [3.8, 4) is 0 Å². The van der Waals surface area contributed by atoms with Crippen LogP contribution >= 0.6 is 0 Å². The molecule has 3 atom stereocenters. The molecule has 3 rings (SSSR count). The predicted molar refractivity (Wildman–Crippen MR) is 57.6 cm³/mol. The molecule has 2 heteroatoms. The Bertz CT molecular complexity index is 270. The highest BCUT2D eigenvalue weighted by Crippen LogP contribution is 2.60. The third kappa shape index (κ3) is 1.12. The van der Waals surface area contributed by atoms with Crippen molar-refractivity contribution in [1.82, 2.24) is 0 Å². The van der Waals surface area contributed by atoms with Gasteiger partial charge in [-0.25, -0.2) is 0 Å². The van der Waals surface area contributed by atoms with Gasteiger partial charge >= 0.3 is 0 Å². The lowest BCUT2D eigenvalue weighted by molar-refractivity contribution is -0.145. The molecular formula is C13H20O2. The molecule has 1 aliphatic heterocycles. The largest absolute Gasteiger partial charge is 0.367 e. The van der Waals surface area contributed by atoms with E-state index in [1.54, 1.807) is 0 Å². The van der Waals surface area contributed by atoms with Crippen LogP contribution in [0.5, 0.6) is 0 Å². The molecule has 1 heterocycles. The van der Waals surface area contributed by atoms with Crippen molar-refractivity contribution in [2.75, 3.05) is 6.61 Å². The predicted octanol–water partition coefficient (Wildman–Crippen LogP) is 2.70. The summed E-state index contributed by atoms with van der Waals surface area (Å²) in [5.41, 5.74) is -0.137. The lowest BCUT2D eigenvalue weighted by Gasteiger charge is -2.49. The summed E-state index contributed by atoms with van der Waals surface area (Å²) in [7, 11) is 0. The normalized spacial score (nSPS) is 49.5. The second-order valence-corrected chi connectivity index (χ2v) is 5.62. The average Bonchev–Trinajstić information content (AvgIpc) is 2.64. The number of aldehydes is 1. The lowest BCUT2D eigenvalue weighted by Crippen LogP contribution is -2.52. The molecule has 0 radical (unpaired) electrons. The van der Waals surface area contributed by atoms with Crippen molar-refractivity contribution in [3.05, 3.63) is 0 Å². The first kappa shape index (κ1) is 9.83. The van der Waals surface area contributed by atoms with Gasteiger partial charge in [0, 0.05) is 5.41 Å². The molecular weight excluding hydrogens is 188 g/mol. The maximum absolute atomic E-state index is 11.5. The van der Waals surface area contributed by atoms with Crippen molar-refractivity contribution in [3.63, 3.8) is 0 Å². The van der Waals surface area contributed by atoms with Crippen LogP contribution in [0.3, 0.4) is 0 Å². The molecule has 0 N–H and O–H groups in total. The molecule has 84 valence electrons. The van der Waals surface area contributed by atoms with Gasteiger partial charge in [-0.1, -0.05) is 25.7 Å². The summed E-state index contributed by atoms with van der Waals surface area (Å²) in [4.78, 5) is 11.5. The van der Waals surface area contributed by atoms with Crippen molar-refractivity contribution < 1.29 is 9.53 Å². The zero-order valence-electron chi connectivity index (χ0n) is 9.34. The van der Waals surface area contributed by atoms with Crippen LogP contribution < -0.4 is 0 Å². The first-order valence-electron chi connectivity index (χ1n) is 6.43. The Morgan fingerprint density at radius 3 is 2.60 bits per heavy atom. The molecule has 2 saturated carbocycles. The Kier molecular flexibility index (Phi) is 2.17. The van der Waals surface area contributed by atoms with E-state index in [1.807, 2.05) is 0 Å². The molecule has 2 nitrogen and oxygen atoms in total. The van der Waals surface area contributed by atoms with Crippen molar-refractivity contribution in [1.29, 1.82) is 0 Å². The standard InChI is InChI=1S/C13H20O2/c14-10-13-8-4-3-7-12(13)6-2-1-5-11(12)9-15-13/h10-11H,1-9H2. The van der Waals surface area contributed by atoms with E-state index < -0.39 is 0 Å². The molecule has 0 aromatic heterocycles. The second-order valence-electron chi connectivity index (χ2n) is 5.62. The number of hydrogen-bond acceptors (Lipinski definition) is 2. The number of carbonyl (C=O) groups excluding carboxylic acids is 1. The van der Waals surface area contributed by atoms with Crippen LogP contribution in [0.25, 0.3) is 0 Å². The maximum atomic E-state index is 11.5. The van der Waals surface area contributed by atoms with Crippen LogP contribution in [0.15, 0.2) is 0 Å². The van der Waals surface area contributed by atoms with Crippen LogP contribution in [0.4, 0.5) is 0 Å². The molecule has 0 amide bonds. The number of carbonyl (C=O) groups is 1. The minimum atomic E-state index is -0.379. The number of ether oxygens (including phenoxy) is 1. The van der Waals surface area contributed by atoms with Crippen LogP contribution in [0, 0.1) is 11.3 Å². The monoisotopic (exact) mass is 208 g/mol. The van der Waals surface area contributed by atoms with Crippen molar-refractivity contribution in [2.45, 2.75) is 57.0 Å². The molecule has 0 bridgehead atoms. The highest BCUT2D eigenvalue weighted by atomic mass is 16.5. The molecule has 0 aromatic rings. The summed E-state index contributed by atoms with van der Waals surface area (Å²) in [6, 6.07) is 0. The molecule has 1 spiro atoms. The third-order valence-electron chi connectivity index (χ3n) is 5.20. The average molecular weight is 208 g/mol. The molecule has 3 aliphatic rings. The van der Waals surface area contributed by atoms with E-state index in [1.165, 1.54) is 44.9 Å². The van der Waals surface area contributed by atoms with Gasteiger partial charge in [-0.15, -0.1) is 0 Å². The topological polar surface area (TPSA) is 26.3 Å². The van der Waals surface area contributed by atoms with Crippen molar-refractivity contribution >= 4 is 6.29 Å². The van der Waals surface area contributed by atoms with Gasteiger partial charge in [0.25, 0.3) is 0 Å². The zero-order chi connectivity index (χ0) is 10.4. The van der Waals surface area contributed by atoms with Gasteiger partial charge in [-0.3, -0.25) is 0 Å². The van der Waals surface area contributed by atoms with Gasteiger partial charge < -0.3 is 9.53 Å². The fourth-order valence-corrected chi connectivity index (χ4v) is 4.40. The van der Waals surface area contributed by atoms with E-state index >= 15 is 0 Å². The summed E-state index contributed by atoms with van der Waals surface area (Å²) >= 11 is 0. The minimum absolute atomic E-state index is 0.241. The minimum Gasteiger partial charge on any atom is -0.367 e. The van der Waals surface area contributed by atoms with Gasteiger partial charge in [-0.2, -0.15) is 0 Å². The molecule has 0 aromatic carbocycles. The summed E-state index contributed by atoms with van der Waals surface area (Å²) in [6.07, 6.45) is 11.0. The SMILES string of the molecule is O=CC12CCCCC13CCCCC3CO2. The lowest BCUT2D eigenvalue weighted by atomic mass is 9.54. The Morgan fingerprint density at radius 1 is 1.07 bits per heavy atom. The Morgan fingerprint density at radius 2 is 1.80 bits per heavy atom. The van der Waals surface area contributed by atoms with E-state index in [4.69, 9.17) is 4.74 Å². The van der Waals surface area contributed by atoms with Gasteiger partial charge in [0.2, 0.25) is 0 Å². The van der Waals surface area contributed by atoms with E-state index in [-0.39, 0.29) is 11.0 Å². The molecule has 15 heavy (non-hydrogen) atoms. The summed E-state index contributed by atoms with van der Waals surface area (Å²) < 4.78 is 5.96. The van der Waals surface area contributed by atoms with E-state index in [0.29, 0.717) is 5.92 Å². The molecule has 3 unspecified atom stereocenters. The van der Waals surface area contributed by atoms with Gasteiger partial charge in [0.1, 0.15) is 5.60 Å². The molecule has 3 fully saturated rings. The number of rotatable bonds is 1. The fourth-order valence-electron chi connectivity index (χ4n) is 4.40. The third-order valence-corrected chi connectivity index (χ3v) is 5.20. The highest BCUT2D eigenvalue weighted by Gasteiger charge is 2.62. The van der Waals surface area contributed by atoms with E-state index in [9.17, 15) is 4.79 Å². The van der Waals surface area contributed by atoms with Crippen LogP contribution in [-0.4, -0.2) is 18.5 Å². The first-order chi connectivity index (χ1) is 7.33. The Hall–Kier alpha value is -0.370. The van der Waals surface area contributed by atoms with Gasteiger partial charge in [0.15, 0.2) is 6.29 Å². The van der Waals surface area contributed by atoms with Gasteiger partial charge in [0.05, 0.1) is 6.61 Å². The Balaban J connectivity index is 2.01. The number of hydrogen-bond donors (Lipinski definition) is 0. The Labute approximate surface area is 91.4 Å². The summed E-state index contributed by atoms with van der Waals surface area (Å²) in [6.45, 7) is 0.846. The summed E-state index contributed by atoms with van der Waals surface area (Å²) in [5, 5.41) is 0. The molecule has 1 saturated heterocycles. The van der Waals surface area contributed by atoms with Crippen LogP contribution in [0.1, 0.15) is 51.4 Å². The van der Waals surface area contributed by atoms with Gasteiger partial charge in [-0.05, 0) is 31.6 Å². The maximum Gasteiger partial charge on any atom is 0.152 e. The molecule has 2 aliphatic carbocycles. The highest BCUT2D eigenvalue weighted by molar-refractivity contribution is 5.66. The van der Waals surface area contributed by atoms with Crippen LogP contribution in [0.2, 0.25) is 0 Å². The smallest absolute Gasteiger partial charge is 0.152 e. The first-order valence-corrected chi connectivity index (χ1v) is 6.43. The summed E-state index contributed by atoms with van der Waals surface area (Å²) in [5.74, 6) is 0.678. The van der Waals surface area contributed by atoms with E-state index in [0.717, 1.165) is 19.3 Å².